The normalized spacial score (nSPS) is 14.9. The van der Waals surface area contributed by atoms with Crippen molar-refractivity contribution in [1.29, 1.82) is 0 Å². The zero-order valence-corrected chi connectivity index (χ0v) is 9.60. The van der Waals surface area contributed by atoms with Crippen molar-refractivity contribution in [2.24, 2.45) is 5.92 Å². The van der Waals surface area contributed by atoms with Crippen LogP contribution in [0.1, 0.15) is 29.0 Å². The second-order valence-electron chi connectivity index (χ2n) is 4.44. The molecule has 3 rings (SSSR count). The van der Waals surface area contributed by atoms with Gasteiger partial charge in [-0.15, -0.1) is 0 Å². The molecule has 0 aromatic carbocycles. The summed E-state index contributed by atoms with van der Waals surface area (Å²) in [7, 11) is 0. The van der Waals surface area contributed by atoms with E-state index in [1.165, 1.54) is 0 Å². The summed E-state index contributed by atoms with van der Waals surface area (Å²) in [5.74, 6) is 1.10. The summed E-state index contributed by atoms with van der Waals surface area (Å²) in [6.45, 7) is 1.89. The number of carbonyl (C=O) groups is 1. The van der Waals surface area contributed by atoms with Crippen LogP contribution in [0.15, 0.2) is 24.5 Å². The lowest BCUT2D eigenvalue weighted by atomic mass is 10.2. The lowest BCUT2D eigenvalue weighted by Crippen LogP contribution is -2.03. The summed E-state index contributed by atoms with van der Waals surface area (Å²) in [4.78, 5) is 23.6. The van der Waals surface area contributed by atoms with E-state index in [-0.39, 0.29) is 11.7 Å². The summed E-state index contributed by atoms with van der Waals surface area (Å²) in [5.41, 5.74) is 2.34. The van der Waals surface area contributed by atoms with Gasteiger partial charge in [-0.25, -0.2) is 4.98 Å². The standard InChI is InChI=1S/C13H13N3O/c1-8-11(12(17)9-4-5-9)16-13(15-8)10-3-2-6-14-7-10/h2-3,6-7,9H,4-5H2,1H3,(H,15,16). The van der Waals surface area contributed by atoms with Gasteiger partial charge in [-0.3, -0.25) is 9.78 Å². The van der Waals surface area contributed by atoms with Gasteiger partial charge in [0, 0.05) is 29.6 Å². The van der Waals surface area contributed by atoms with Gasteiger partial charge in [0.25, 0.3) is 0 Å². The molecule has 2 aromatic heterocycles. The predicted molar refractivity (Wildman–Crippen MR) is 63.6 cm³/mol. The maximum atomic E-state index is 12.0. The van der Waals surface area contributed by atoms with E-state index >= 15 is 0 Å². The van der Waals surface area contributed by atoms with Gasteiger partial charge >= 0.3 is 0 Å². The number of hydrogen-bond acceptors (Lipinski definition) is 3. The molecule has 2 heterocycles. The van der Waals surface area contributed by atoms with Gasteiger partial charge < -0.3 is 4.98 Å². The Hall–Kier alpha value is -1.97. The Kier molecular flexibility index (Phi) is 2.28. The molecule has 4 nitrogen and oxygen atoms in total. The van der Waals surface area contributed by atoms with Gasteiger partial charge in [-0.1, -0.05) is 0 Å². The Morgan fingerprint density at radius 2 is 2.29 bits per heavy atom. The summed E-state index contributed by atoms with van der Waals surface area (Å²) in [6, 6.07) is 3.78. The van der Waals surface area contributed by atoms with Crippen LogP contribution in [0.3, 0.4) is 0 Å². The van der Waals surface area contributed by atoms with Gasteiger partial charge in [0.2, 0.25) is 0 Å². The molecule has 0 spiro atoms. The van der Waals surface area contributed by atoms with E-state index in [1.807, 2.05) is 19.1 Å². The van der Waals surface area contributed by atoms with Crippen LogP contribution in [0, 0.1) is 12.8 Å². The third-order valence-electron chi connectivity index (χ3n) is 3.00. The Morgan fingerprint density at radius 3 is 2.94 bits per heavy atom. The van der Waals surface area contributed by atoms with Gasteiger partial charge in [-0.2, -0.15) is 0 Å². The van der Waals surface area contributed by atoms with Crippen LogP contribution in [0.5, 0.6) is 0 Å². The van der Waals surface area contributed by atoms with Crippen LogP contribution < -0.4 is 0 Å². The minimum Gasteiger partial charge on any atom is -0.341 e. The third kappa shape index (κ3) is 1.86. The van der Waals surface area contributed by atoms with Gasteiger partial charge in [0.15, 0.2) is 5.78 Å². The number of hydrogen-bond donors (Lipinski definition) is 1. The number of aromatic amines is 1. The lowest BCUT2D eigenvalue weighted by molar-refractivity contribution is 0.0962. The fraction of sp³-hybridized carbons (Fsp3) is 0.308. The number of nitrogens with one attached hydrogen (secondary N) is 1. The van der Waals surface area contributed by atoms with Crippen LogP contribution in [0.2, 0.25) is 0 Å². The maximum absolute atomic E-state index is 12.0. The van der Waals surface area contributed by atoms with Crippen molar-refractivity contribution in [2.45, 2.75) is 19.8 Å². The zero-order valence-electron chi connectivity index (χ0n) is 9.60. The van der Waals surface area contributed by atoms with E-state index in [0.29, 0.717) is 5.69 Å². The highest BCUT2D eigenvalue weighted by molar-refractivity contribution is 5.99. The van der Waals surface area contributed by atoms with Crippen LogP contribution in [0.25, 0.3) is 11.4 Å². The van der Waals surface area contributed by atoms with E-state index in [0.717, 1.165) is 29.9 Å². The topological polar surface area (TPSA) is 58.6 Å². The number of pyridine rings is 1. The molecule has 17 heavy (non-hydrogen) atoms. The molecule has 1 saturated carbocycles. The van der Waals surface area contributed by atoms with Crippen molar-refractivity contribution >= 4 is 5.78 Å². The van der Waals surface area contributed by atoms with Gasteiger partial charge in [0.1, 0.15) is 11.5 Å². The second kappa shape index (κ2) is 3.80. The number of H-pyrrole nitrogens is 1. The molecule has 0 aliphatic heterocycles. The summed E-state index contributed by atoms with van der Waals surface area (Å²) in [6.07, 6.45) is 5.47. The van der Waals surface area contributed by atoms with Crippen molar-refractivity contribution in [3.63, 3.8) is 0 Å². The summed E-state index contributed by atoms with van der Waals surface area (Å²) < 4.78 is 0. The van der Waals surface area contributed by atoms with Crippen LogP contribution in [0.4, 0.5) is 0 Å². The molecule has 4 heteroatoms. The SMILES string of the molecule is Cc1[nH]c(-c2cccnc2)nc1C(=O)C1CC1. The number of carbonyl (C=O) groups excluding carboxylic acids is 1. The number of Topliss-reactive ketones (excluding diaryl/α,β-unsaturated/α-hetero) is 1. The smallest absolute Gasteiger partial charge is 0.186 e. The molecule has 0 bridgehead atoms. The molecule has 1 aliphatic rings. The molecule has 1 N–H and O–H groups in total. The number of aryl methyl sites for hydroxylation is 1. The van der Waals surface area contributed by atoms with E-state index in [4.69, 9.17) is 0 Å². The number of imidazole rings is 1. The van der Waals surface area contributed by atoms with Crippen LogP contribution in [-0.4, -0.2) is 20.7 Å². The van der Waals surface area contributed by atoms with Crippen LogP contribution in [-0.2, 0) is 0 Å². The highest BCUT2D eigenvalue weighted by Gasteiger charge is 2.33. The molecule has 0 amide bonds. The number of ketones is 1. The van der Waals surface area contributed by atoms with E-state index < -0.39 is 0 Å². The van der Waals surface area contributed by atoms with Crippen LogP contribution >= 0.6 is 0 Å². The Labute approximate surface area is 99.1 Å². The molecular weight excluding hydrogens is 214 g/mol. The molecule has 0 unspecified atom stereocenters. The average Bonchev–Trinajstić information content (AvgIpc) is 3.13. The predicted octanol–water partition coefficient (Wildman–Crippen LogP) is 2.37. The van der Waals surface area contributed by atoms with E-state index in [2.05, 4.69) is 15.0 Å². The van der Waals surface area contributed by atoms with Crippen molar-refractivity contribution in [3.05, 3.63) is 35.9 Å². The lowest BCUT2D eigenvalue weighted by Gasteiger charge is -1.93. The molecule has 0 saturated heterocycles. The number of rotatable bonds is 3. The Morgan fingerprint density at radius 1 is 1.47 bits per heavy atom. The summed E-state index contributed by atoms with van der Waals surface area (Å²) in [5, 5.41) is 0. The number of nitrogens with zero attached hydrogens (tertiary/aromatic N) is 2. The van der Waals surface area contributed by atoms with Crippen molar-refractivity contribution in [1.82, 2.24) is 15.0 Å². The molecule has 0 atom stereocenters. The van der Waals surface area contributed by atoms with Gasteiger partial charge in [-0.05, 0) is 31.9 Å². The first-order valence-corrected chi connectivity index (χ1v) is 5.77. The molecule has 2 aromatic rings. The maximum Gasteiger partial charge on any atom is 0.186 e. The molecule has 1 aliphatic carbocycles. The minimum absolute atomic E-state index is 0.175. The fourth-order valence-electron chi connectivity index (χ4n) is 1.88. The average molecular weight is 227 g/mol. The number of aromatic nitrogens is 3. The highest BCUT2D eigenvalue weighted by atomic mass is 16.1. The fourth-order valence-corrected chi connectivity index (χ4v) is 1.88. The van der Waals surface area contributed by atoms with E-state index in [9.17, 15) is 4.79 Å². The minimum atomic E-state index is 0.175. The first kappa shape index (κ1) is 10.2. The molecular formula is C13H13N3O. The van der Waals surface area contributed by atoms with E-state index in [1.54, 1.807) is 12.4 Å². The Balaban J connectivity index is 1.98. The molecule has 86 valence electrons. The molecule has 0 radical (unpaired) electrons. The van der Waals surface area contributed by atoms with Crippen molar-refractivity contribution < 1.29 is 4.79 Å². The largest absolute Gasteiger partial charge is 0.341 e. The molecule has 1 fully saturated rings. The second-order valence-corrected chi connectivity index (χ2v) is 4.44. The highest BCUT2D eigenvalue weighted by Crippen LogP contribution is 2.33. The zero-order chi connectivity index (χ0) is 11.8. The first-order valence-electron chi connectivity index (χ1n) is 5.77. The summed E-state index contributed by atoms with van der Waals surface area (Å²) >= 11 is 0. The monoisotopic (exact) mass is 227 g/mol. The Bertz CT molecular complexity index is 555. The van der Waals surface area contributed by atoms with Crippen molar-refractivity contribution in [2.75, 3.05) is 0 Å². The first-order chi connectivity index (χ1) is 8.25. The van der Waals surface area contributed by atoms with Crippen molar-refractivity contribution in [3.8, 4) is 11.4 Å². The quantitative estimate of drug-likeness (QED) is 0.819. The van der Waals surface area contributed by atoms with Gasteiger partial charge in [0.05, 0.1) is 0 Å². The third-order valence-corrected chi connectivity index (χ3v) is 3.00.